The molecule has 1 aliphatic heterocycles. The van der Waals surface area contributed by atoms with Gasteiger partial charge in [-0.2, -0.15) is 5.10 Å². The van der Waals surface area contributed by atoms with Gasteiger partial charge in [0.15, 0.2) is 0 Å². The van der Waals surface area contributed by atoms with Gasteiger partial charge in [-0.25, -0.2) is 4.79 Å². The molecule has 0 bridgehead atoms. The molecule has 1 atom stereocenters. The van der Waals surface area contributed by atoms with Crippen LogP contribution in [0.5, 0.6) is 0 Å². The fraction of sp³-hybridized carbons (Fsp3) is 0.778. The van der Waals surface area contributed by atoms with Crippen LogP contribution in [0.2, 0.25) is 0 Å². The number of aromatic nitrogens is 2. The van der Waals surface area contributed by atoms with Crippen LogP contribution in [0.25, 0.3) is 0 Å². The molecule has 1 saturated heterocycles. The van der Waals surface area contributed by atoms with Gasteiger partial charge in [-0.1, -0.05) is 6.42 Å². The van der Waals surface area contributed by atoms with E-state index in [2.05, 4.69) is 20.6 Å². The molecule has 3 rings (SSSR count). The Hall–Kier alpha value is -1.60. The number of likely N-dealkylation sites (tertiary alicyclic amines) is 1. The van der Waals surface area contributed by atoms with Crippen LogP contribution < -0.4 is 10.6 Å². The molecular weight excluding hydrogens is 318 g/mol. The van der Waals surface area contributed by atoms with Gasteiger partial charge in [-0.15, -0.1) is 0 Å². The van der Waals surface area contributed by atoms with Gasteiger partial charge in [-0.3, -0.25) is 14.9 Å². The van der Waals surface area contributed by atoms with Gasteiger partial charge in [0.2, 0.25) is 0 Å². The summed E-state index contributed by atoms with van der Waals surface area (Å²) in [5, 5.41) is 19.6. The number of hydrogen-bond acceptors (Lipinski definition) is 4. The van der Waals surface area contributed by atoms with E-state index in [1.54, 1.807) is 4.68 Å². The number of rotatable bonds is 8. The third-order valence-corrected chi connectivity index (χ3v) is 5.53. The van der Waals surface area contributed by atoms with E-state index in [1.807, 2.05) is 13.1 Å². The van der Waals surface area contributed by atoms with Crippen molar-refractivity contribution in [2.75, 3.05) is 31.6 Å². The third-order valence-electron chi connectivity index (χ3n) is 5.53. The number of carbonyl (C=O) groups is 1. The van der Waals surface area contributed by atoms with Gasteiger partial charge in [0, 0.05) is 31.6 Å². The van der Waals surface area contributed by atoms with Crippen molar-refractivity contribution in [3.05, 3.63) is 11.8 Å². The molecule has 1 saturated carbocycles. The number of nitrogens with one attached hydrogen (secondary N) is 2. The number of anilines is 1. The lowest BCUT2D eigenvalue weighted by molar-refractivity contribution is 0.157. The minimum Gasteiger partial charge on any atom is -0.395 e. The first kappa shape index (κ1) is 18.2. The van der Waals surface area contributed by atoms with Crippen LogP contribution in [-0.4, -0.2) is 58.1 Å². The average molecular weight is 349 g/mol. The zero-order chi connectivity index (χ0) is 17.6. The second kappa shape index (κ2) is 8.67. The van der Waals surface area contributed by atoms with Gasteiger partial charge >= 0.3 is 6.03 Å². The summed E-state index contributed by atoms with van der Waals surface area (Å²) in [6.07, 6.45) is 7.95. The maximum absolute atomic E-state index is 12.0. The molecule has 7 nitrogen and oxygen atoms in total. The first-order chi connectivity index (χ1) is 12.2. The summed E-state index contributed by atoms with van der Waals surface area (Å²) >= 11 is 0. The molecule has 1 unspecified atom stereocenters. The zero-order valence-corrected chi connectivity index (χ0v) is 15.2. The SMILES string of the molecule is Cn1nc(C2CCC2)cc1NC(=O)NCCCCN1CCCC1CO. The summed E-state index contributed by atoms with van der Waals surface area (Å²) in [5.74, 6) is 1.32. The third kappa shape index (κ3) is 4.73. The molecule has 1 aromatic heterocycles. The molecule has 2 fully saturated rings. The Kier molecular flexibility index (Phi) is 6.31. The van der Waals surface area contributed by atoms with Crippen LogP contribution in [0, 0.1) is 0 Å². The van der Waals surface area contributed by atoms with Crippen LogP contribution in [0.1, 0.15) is 56.6 Å². The number of aryl methyl sites for hydroxylation is 1. The van der Waals surface area contributed by atoms with E-state index in [0.29, 0.717) is 18.5 Å². The highest BCUT2D eigenvalue weighted by atomic mass is 16.3. The van der Waals surface area contributed by atoms with Crippen LogP contribution in [0.4, 0.5) is 10.6 Å². The van der Waals surface area contributed by atoms with Gasteiger partial charge in [-0.05, 0) is 51.6 Å². The molecule has 1 aliphatic carbocycles. The van der Waals surface area contributed by atoms with Gasteiger partial charge < -0.3 is 10.4 Å². The van der Waals surface area contributed by atoms with E-state index in [9.17, 15) is 9.90 Å². The molecule has 2 aliphatic rings. The molecule has 3 N–H and O–H groups in total. The smallest absolute Gasteiger partial charge is 0.320 e. The van der Waals surface area contributed by atoms with Crippen LogP contribution in [0.15, 0.2) is 6.07 Å². The minimum absolute atomic E-state index is 0.169. The maximum Gasteiger partial charge on any atom is 0.320 e. The predicted octanol–water partition coefficient (Wildman–Crippen LogP) is 2.05. The molecule has 2 heterocycles. The Bertz CT molecular complexity index is 570. The zero-order valence-electron chi connectivity index (χ0n) is 15.2. The molecule has 25 heavy (non-hydrogen) atoms. The van der Waals surface area contributed by atoms with Crippen LogP contribution >= 0.6 is 0 Å². The standard InChI is InChI=1S/C18H31N5O2/c1-22-17(12-16(21-22)14-6-4-7-14)20-18(25)19-9-2-3-10-23-11-5-8-15(23)13-24/h12,14-15,24H,2-11,13H2,1H3,(H2,19,20,25). The highest BCUT2D eigenvalue weighted by Crippen LogP contribution is 2.36. The summed E-state index contributed by atoms with van der Waals surface area (Å²) < 4.78 is 1.75. The van der Waals surface area contributed by atoms with E-state index >= 15 is 0 Å². The number of aliphatic hydroxyl groups excluding tert-OH is 1. The van der Waals surface area contributed by atoms with E-state index in [0.717, 1.165) is 43.9 Å². The van der Waals surface area contributed by atoms with Crippen molar-refractivity contribution in [2.45, 2.75) is 56.9 Å². The molecule has 7 heteroatoms. The Morgan fingerprint density at radius 2 is 2.16 bits per heavy atom. The first-order valence-corrected chi connectivity index (χ1v) is 9.61. The predicted molar refractivity (Wildman–Crippen MR) is 97.7 cm³/mol. The molecule has 2 amide bonds. The molecule has 0 radical (unpaired) electrons. The Labute approximate surface area is 149 Å². The Morgan fingerprint density at radius 3 is 2.88 bits per heavy atom. The summed E-state index contributed by atoms with van der Waals surface area (Å²) in [6, 6.07) is 2.16. The molecule has 1 aromatic rings. The fourth-order valence-corrected chi connectivity index (χ4v) is 3.71. The topological polar surface area (TPSA) is 82.4 Å². The minimum atomic E-state index is -0.169. The molecule has 0 aromatic carbocycles. The number of aliphatic hydroxyl groups is 1. The fourth-order valence-electron chi connectivity index (χ4n) is 3.71. The van der Waals surface area contributed by atoms with Crippen LogP contribution in [0.3, 0.4) is 0 Å². The lowest BCUT2D eigenvalue weighted by Crippen LogP contribution is -2.34. The van der Waals surface area contributed by atoms with Crippen molar-refractivity contribution in [3.63, 3.8) is 0 Å². The summed E-state index contributed by atoms with van der Waals surface area (Å²) in [4.78, 5) is 14.4. The number of amides is 2. The summed E-state index contributed by atoms with van der Waals surface area (Å²) in [7, 11) is 1.87. The Morgan fingerprint density at radius 1 is 1.32 bits per heavy atom. The van der Waals surface area contributed by atoms with Gasteiger partial charge in [0.1, 0.15) is 5.82 Å². The quantitative estimate of drug-likeness (QED) is 0.627. The van der Waals surface area contributed by atoms with Gasteiger partial charge in [0.25, 0.3) is 0 Å². The van der Waals surface area contributed by atoms with Crippen molar-refractivity contribution in [1.29, 1.82) is 0 Å². The first-order valence-electron chi connectivity index (χ1n) is 9.61. The summed E-state index contributed by atoms with van der Waals surface area (Å²) in [5.41, 5.74) is 1.09. The molecule has 140 valence electrons. The highest BCUT2D eigenvalue weighted by Gasteiger charge is 2.24. The van der Waals surface area contributed by atoms with E-state index in [4.69, 9.17) is 0 Å². The maximum atomic E-state index is 12.0. The number of unbranched alkanes of at least 4 members (excludes halogenated alkanes) is 1. The van der Waals surface area contributed by atoms with Crippen molar-refractivity contribution in [3.8, 4) is 0 Å². The van der Waals surface area contributed by atoms with Crippen molar-refractivity contribution >= 4 is 11.8 Å². The average Bonchev–Trinajstić information content (AvgIpc) is 3.12. The van der Waals surface area contributed by atoms with Crippen LogP contribution in [-0.2, 0) is 7.05 Å². The number of hydrogen-bond donors (Lipinski definition) is 3. The van der Waals surface area contributed by atoms with Crippen molar-refractivity contribution in [2.24, 2.45) is 7.05 Å². The number of urea groups is 1. The monoisotopic (exact) mass is 349 g/mol. The number of nitrogens with zero attached hydrogens (tertiary/aromatic N) is 3. The Balaban J connectivity index is 1.32. The second-order valence-electron chi connectivity index (χ2n) is 7.31. The largest absolute Gasteiger partial charge is 0.395 e. The van der Waals surface area contributed by atoms with E-state index < -0.39 is 0 Å². The van der Waals surface area contributed by atoms with E-state index in [-0.39, 0.29) is 12.6 Å². The summed E-state index contributed by atoms with van der Waals surface area (Å²) in [6.45, 7) is 3.01. The lowest BCUT2D eigenvalue weighted by Gasteiger charge is -2.22. The van der Waals surface area contributed by atoms with E-state index in [1.165, 1.54) is 25.7 Å². The van der Waals surface area contributed by atoms with Crippen molar-refractivity contribution < 1.29 is 9.90 Å². The second-order valence-corrected chi connectivity index (χ2v) is 7.31. The van der Waals surface area contributed by atoms with Crippen molar-refractivity contribution in [1.82, 2.24) is 20.0 Å². The highest BCUT2D eigenvalue weighted by molar-refractivity contribution is 5.88. The number of carbonyl (C=O) groups excluding carboxylic acids is 1. The van der Waals surface area contributed by atoms with Gasteiger partial charge in [0.05, 0.1) is 12.3 Å². The molecule has 0 spiro atoms. The lowest BCUT2D eigenvalue weighted by atomic mass is 9.83. The normalized spacial score (nSPS) is 21.3. The molecular formula is C18H31N5O2.